The number of hydrogen-bond donors (Lipinski definition) is 0. The van der Waals surface area contributed by atoms with Crippen LogP contribution in [0.4, 0.5) is 11.6 Å². The van der Waals surface area contributed by atoms with Crippen molar-refractivity contribution in [1.82, 2.24) is 19.5 Å². The molecule has 2 fully saturated rings. The molecule has 1 unspecified atom stereocenters. The van der Waals surface area contributed by atoms with Crippen molar-refractivity contribution >= 4 is 11.6 Å². The molecule has 0 saturated carbocycles. The van der Waals surface area contributed by atoms with Gasteiger partial charge in [-0.2, -0.15) is 0 Å². The highest BCUT2D eigenvalue weighted by molar-refractivity contribution is 5.50. The Morgan fingerprint density at radius 1 is 1.00 bits per heavy atom. The highest BCUT2D eigenvalue weighted by atomic mass is 15.3. The maximum atomic E-state index is 4.56. The fourth-order valence-corrected chi connectivity index (χ4v) is 3.97. The summed E-state index contributed by atoms with van der Waals surface area (Å²) < 4.78 is 2.36. The predicted molar refractivity (Wildman–Crippen MR) is 95.6 cm³/mol. The third-order valence-electron chi connectivity index (χ3n) is 5.25. The van der Waals surface area contributed by atoms with E-state index in [9.17, 15) is 0 Å². The Kier molecular flexibility index (Phi) is 4.36. The van der Waals surface area contributed by atoms with Crippen molar-refractivity contribution in [2.45, 2.75) is 45.1 Å². The summed E-state index contributed by atoms with van der Waals surface area (Å²) in [6, 6.07) is 2.66. The van der Waals surface area contributed by atoms with Gasteiger partial charge >= 0.3 is 0 Å². The van der Waals surface area contributed by atoms with Gasteiger partial charge in [0.1, 0.15) is 23.8 Å². The molecule has 4 heterocycles. The lowest BCUT2D eigenvalue weighted by molar-refractivity contribution is 0.394. The molecule has 128 valence electrons. The third kappa shape index (κ3) is 2.97. The monoisotopic (exact) mass is 326 g/mol. The Balaban J connectivity index is 1.52. The van der Waals surface area contributed by atoms with Crippen LogP contribution >= 0.6 is 0 Å². The van der Waals surface area contributed by atoms with E-state index in [1.807, 2.05) is 6.20 Å². The lowest BCUT2D eigenvalue weighted by atomic mass is 10.1. The predicted octanol–water partition coefficient (Wildman–Crippen LogP) is 2.68. The summed E-state index contributed by atoms with van der Waals surface area (Å²) in [6.07, 6.45) is 11.7. The first kappa shape index (κ1) is 15.4. The number of rotatable bonds is 4. The van der Waals surface area contributed by atoms with Crippen LogP contribution in [0.15, 0.2) is 24.8 Å². The zero-order valence-electron chi connectivity index (χ0n) is 14.4. The van der Waals surface area contributed by atoms with Crippen LogP contribution in [0.2, 0.25) is 0 Å². The quantitative estimate of drug-likeness (QED) is 0.864. The summed E-state index contributed by atoms with van der Waals surface area (Å²) in [5.41, 5.74) is 0. The molecule has 0 spiro atoms. The molecule has 0 bridgehead atoms. The topological polar surface area (TPSA) is 50.1 Å². The van der Waals surface area contributed by atoms with Gasteiger partial charge in [0.25, 0.3) is 0 Å². The van der Waals surface area contributed by atoms with Gasteiger partial charge in [0.2, 0.25) is 0 Å². The molecule has 0 aromatic carbocycles. The summed E-state index contributed by atoms with van der Waals surface area (Å²) in [6.45, 7) is 6.48. The molecule has 0 amide bonds. The summed E-state index contributed by atoms with van der Waals surface area (Å²) >= 11 is 0. The van der Waals surface area contributed by atoms with E-state index in [1.54, 1.807) is 6.33 Å². The lowest BCUT2D eigenvalue weighted by Crippen LogP contribution is -2.37. The molecule has 0 aliphatic carbocycles. The van der Waals surface area contributed by atoms with E-state index in [1.165, 1.54) is 31.5 Å². The van der Waals surface area contributed by atoms with Crippen LogP contribution in [0.1, 0.15) is 44.5 Å². The average Bonchev–Trinajstić information content (AvgIpc) is 3.33. The van der Waals surface area contributed by atoms with Crippen LogP contribution in [-0.2, 0) is 6.42 Å². The molecule has 4 rings (SSSR count). The molecule has 1 atom stereocenters. The molecule has 6 heteroatoms. The van der Waals surface area contributed by atoms with Gasteiger partial charge in [0, 0.05) is 51.1 Å². The standard InChI is InChI=1S/C18H26N6/c1-2-16-19-7-11-24(16)15-6-5-10-23(13-15)18-12-17(20-14-21-18)22-8-3-4-9-22/h7,11-12,14-15H,2-6,8-10,13H2,1H3. The molecule has 0 radical (unpaired) electrons. The van der Waals surface area contributed by atoms with Gasteiger partial charge in [-0.25, -0.2) is 15.0 Å². The lowest BCUT2D eigenvalue weighted by Gasteiger charge is -2.35. The number of aryl methyl sites for hydroxylation is 1. The van der Waals surface area contributed by atoms with Gasteiger partial charge in [-0.05, 0) is 25.7 Å². The summed E-state index contributed by atoms with van der Waals surface area (Å²) in [5.74, 6) is 3.33. The summed E-state index contributed by atoms with van der Waals surface area (Å²) in [7, 11) is 0. The highest BCUT2D eigenvalue weighted by Crippen LogP contribution is 2.28. The Labute approximate surface area is 143 Å². The summed E-state index contributed by atoms with van der Waals surface area (Å²) in [5, 5.41) is 0. The number of hydrogen-bond acceptors (Lipinski definition) is 5. The minimum Gasteiger partial charge on any atom is -0.356 e. The Bertz CT molecular complexity index is 676. The van der Waals surface area contributed by atoms with Crippen molar-refractivity contribution in [3.63, 3.8) is 0 Å². The molecule has 2 aliphatic heterocycles. The molecular formula is C18H26N6. The van der Waals surface area contributed by atoms with E-state index in [4.69, 9.17) is 0 Å². The SMILES string of the molecule is CCc1nccn1C1CCCN(c2cc(N3CCCC3)ncn2)C1. The average molecular weight is 326 g/mol. The van der Waals surface area contributed by atoms with Crippen molar-refractivity contribution < 1.29 is 0 Å². The van der Waals surface area contributed by atoms with Crippen LogP contribution in [0, 0.1) is 0 Å². The van der Waals surface area contributed by atoms with Crippen LogP contribution in [0.25, 0.3) is 0 Å². The smallest absolute Gasteiger partial charge is 0.134 e. The van der Waals surface area contributed by atoms with Crippen LogP contribution in [-0.4, -0.2) is 45.7 Å². The normalized spacial score (nSPS) is 21.5. The Morgan fingerprint density at radius 3 is 2.54 bits per heavy atom. The number of nitrogens with zero attached hydrogens (tertiary/aromatic N) is 6. The first-order chi connectivity index (χ1) is 11.8. The molecule has 2 aromatic heterocycles. The fourth-order valence-electron chi connectivity index (χ4n) is 3.97. The van der Waals surface area contributed by atoms with E-state index in [0.717, 1.165) is 44.2 Å². The van der Waals surface area contributed by atoms with Gasteiger partial charge in [-0.15, -0.1) is 0 Å². The van der Waals surface area contributed by atoms with E-state index in [2.05, 4.69) is 48.5 Å². The molecule has 2 aliphatic rings. The van der Waals surface area contributed by atoms with Gasteiger partial charge < -0.3 is 14.4 Å². The molecule has 0 N–H and O–H groups in total. The van der Waals surface area contributed by atoms with Crippen molar-refractivity contribution in [3.05, 3.63) is 30.6 Å². The second kappa shape index (κ2) is 6.79. The second-order valence-corrected chi connectivity index (χ2v) is 6.77. The van der Waals surface area contributed by atoms with Crippen LogP contribution in [0.3, 0.4) is 0 Å². The van der Waals surface area contributed by atoms with Gasteiger partial charge in [-0.1, -0.05) is 6.92 Å². The number of imidazole rings is 1. The molecule has 2 saturated heterocycles. The minimum absolute atomic E-state index is 0.487. The molecule has 2 aromatic rings. The number of aromatic nitrogens is 4. The molecule has 6 nitrogen and oxygen atoms in total. The fraction of sp³-hybridized carbons (Fsp3) is 0.611. The third-order valence-corrected chi connectivity index (χ3v) is 5.25. The minimum atomic E-state index is 0.487. The first-order valence-electron chi connectivity index (χ1n) is 9.19. The van der Waals surface area contributed by atoms with E-state index >= 15 is 0 Å². The van der Waals surface area contributed by atoms with Gasteiger partial charge in [-0.3, -0.25) is 0 Å². The Hall–Kier alpha value is -2.11. The van der Waals surface area contributed by atoms with Crippen LogP contribution in [0.5, 0.6) is 0 Å². The molecular weight excluding hydrogens is 300 g/mol. The highest BCUT2D eigenvalue weighted by Gasteiger charge is 2.24. The van der Waals surface area contributed by atoms with E-state index in [-0.39, 0.29) is 0 Å². The van der Waals surface area contributed by atoms with Gasteiger partial charge in [0.05, 0.1) is 6.04 Å². The van der Waals surface area contributed by atoms with E-state index in [0.29, 0.717) is 6.04 Å². The number of anilines is 2. The zero-order valence-corrected chi connectivity index (χ0v) is 14.4. The molecule has 24 heavy (non-hydrogen) atoms. The maximum Gasteiger partial charge on any atom is 0.134 e. The van der Waals surface area contributed by atoms with Crippen molar-refractivity contribution in [1.29, 1.82) is 0 Å². The van der Waals surface area contributed by atoms with E-state index < -0.39 is 0 Å². The number of piperidine rings is 1. The Morgan fingerprint density at radius 2 is 1.75 bits per heavy atom. The maximum absolute atomic E-state index is 4.56. The van der Waals surface area contributed by atoms with Crippen molar-refractivity contribution in [2.75, 3.05) is 36.0 Å². The van der Waals surface area contributed by atoms with Crippen molar-refractivity contribution in [3.8, 4) is 0 Å². The van der Waals surface area contributed by atoms with Crippen molar-refractivity contribution in [2.24, 2.45) is 0 Å². The second-order valence-electron chi connectivity index (χ2n) is 6.77. The van der Waals surface area contributed by atoms with Crippen LogP contribution < -0.4 is 9.80 Å². The summed E-state index contributed by atoms with van der Waals surface area (Å²) in [4.78, 5) is 18.3. The first-order valence-corrected chi connectivity index (χ1v) is 9.19. The largest absolute Gasteiger partial charge is 0.356 e. The zero-order chi connectivity index (χ0) is 16.4. The van der Waals surface area contributed by atoms with Gasteiger partial charge in [0.15, 0.2) is 0 Å².